The molecule has 2 rings (SSSR count). The number of carbonyl (C=O) groups excluding carboxylic acids is 1. The molecule has 1 aliphatic rings. The predicted molar refractivity (Wildman–Crippen MR) is 71.7 cm³/mol. The molecule has 5 nitrogen and oxygen atoms in total. The Kier molecular flexibility index (Phi) is 5.08. The number of nitrogens with one attached hydrogen (secondary N) is 2. The molecule has 3 atom stereocenters. The van der Waals surface area contributed by atoms with Crippen LogP contribution in [0.5, 0.6) is 0 Å². The highest BCUT2D eigenvalue weighted by atomic mass is 19.2. The fourth-order valence-electron chi connectivity index (χ4n) is 2.15. The van der Waals surface area contributed by atoms with Gasteiger partial charge in [0.15, 0.2) is 11.6 Å². The molecular formula is C14H18F2N2O3. The largest absolute Gasteiger partial charge is 0.386 e. The van der Waals surface area contributed by atoms with E-state index in [4.69, 9.17) is 4.74 Å². The first kappa shape index (κ1) is 15.7. The van der Waals surface area contributed by atoms with Crippen molar-refractivity contribution in [2.75, 3.05) is 13.2 Å². The van der Waals surface area contributed by atoms with Crippen molar-refractivity contribution in [2.24, 2.45) is 0 Å². The molecule has 0 saturated carbocycles. The third-order valence-corrected chi connectivity index (χ3v) is 3.38. The lowest BCUT2D eigenvalue weighted by Gasteiger charge is -2.22. The number of aliphatic hydroxyl groups is 1. The number of ether oxygens (including phenoxy) is 1. The van der Waals surface area contributed by atoms with E-state index in [1.807, 2.05) is 0 Å². The maximum atomic E-state index is 13.1. The summed E-state index contributed by atoms with van der Waals surface area (Å²) in [6.07, 6.45) is -0.390. The van der Waals surface area contributed by atoms with Crippen LogP contribution >= 0.6 is 0 Å². The quantitative estimate of drug-likeness (QED) is 0.788. The summed E-state index contributed by atoms with van der Waals surface area (Å²) in [5, 5.41) is 15.3. The number of aliphatic hydroxyl groups excluding tert-OH is 1. The minimum atomic E-state index is -1.13. The number of rotatable bonds is 4. The van der Waals surface area contributed by atoms with Crippen molar-refractivity contribution in [3.05, 3.63) is 35.4 Å². The van der Waals surface area contributed by atoms with Gasteiger partial charge >= 0.3 is 6.03 Å². The van der Waals surface area contributed by atoms with Gasteiger partial charge in [0.25, 0.3) is 0 Å². The molecule has 0 aromatic heterocycles. The normalized spacial score (nSPS) is 20.9. The molecule has 3 N–H and O–H groups in total. The lowest BCUT2D eigenvalue weighted by Crippen LogP contribution is -2.47. The van der Waals surface area contributed by atoms with Gasteiger partial charge in [-0.05, 0) is 31.0 Å². The fraction of sp³-hybridized carbons (Fsp3) is 0.500. The summed E-state index contributed by atoms with van der Waals surface area (Å²) in [7, 11) is 0. The highest BCUT2D eigenvalue weighted by molar-refractivity contribution is 5.74. The zero-order valence-electron chi connectivity index (χ0n) is 11.6. The van der Waals surface area contributed by atoms with Gasteiger partial charge in [0.2, 0.25) is 0 Å². The second kappa shape index (κ2) is 6.82. The first-order chi connectivity index (χ1) is 9.97. The van der Waals surface area contributed by atoms with Crippen molar-refractivity contribution >= 4 is 6.03 Å². The first-order valence-electron chi connectivity index (χ1n) is 6.75. The average molecular weight is 300 g/mol. The molecular weight excluding hydrogens is 282 g/mol. The van der Waals surface area contributed by atoms with Gasteiger partial charge in [-0.15, -0.1) is 0 Å². The molecule has 21 heavy (non-hydrogen) atoms. The fourth-order valence-corrected chi connectivity index (χ4v) is 2.15. The van der Waals surface area contributed by atoms with E-state index in [1.54, 1.807) is 6.92 Å². The monoisotopic (exact) mass is 300 g/mol. The molecule has 1 aromatic carbocycles. The molecule has 0 bridgehead atoms. The van der Waals surface area contributed by atoms with E-state index in [-0.39, 0.29) is 11.6 Å². The Morgan fingerprint density at radius 3 is 2.81 bits per heavy atom. The van der Waals surface area contributed by atoms with Crippen LogP contribution in [0.2, 0.25) is 0 Å². The smallest absolute Gasteiger partial charge is 0.315 e. The maximum absolute atomic E-state index is 13.1. The van der Waals surface area contributed by atoms with Crippen LogP contribution < -0.4 is 10.6 Å². The molecule has 0 aliphatic carbocycles. The molecule has 1 fully saturated rings. The Hall–Kier alpha value is -1.73. The van der Waals surface area contributed by atoms with Crippen LogP contribution in [0.25, 0.3) is 0 Å². The number of amides is 2. The number of hydrogen-bond donors (Lipinski definition) is 3. The molecule has 3 unspecified atom stereocenters. The van der Waals surface area contributed by atoms with Crippen molar-refractivity contribution in [1.82, 2.24) is 10.6 Å². The molecule has 116 valence electrons. The van der Waals surface area contributed by atoms with Gasteiger partial charge in [-0.3, -0.25) is 0 Å². The van der Waals surface area contributed by atoms with Crippen molar-refractivity contribution < 1.29 is 23.4 Å². The van der Waals surface area contributed by atoms with Crippen LogP contribution in [0, 0.1) is 11.6 Å². The maximum Gasteiger partial charge on any atom is 0.315 e. The molecule has 0 radical (unpaired) electrons. The third-order valence-electron chi connectivity index (χ3n) is 3.38. The van der Waals surface area contributed by atoms with E-state index in [9.17, 15) is 18.7 Å². The Balaban J connectivity index is 1.90. The number of hydrogen-bond acceptors (Lipinski definition) is 3. The topological polar surface area (TPSA) is 70.6 Å². The summed E-state index contributed by atoms with van der Waals surface area (Å²) in [6.45, 7) is 2.65. The SMILES string of the molecule is CC(NC(=O)NC1CCOC1)C(O)c1ccc(F)c(F)c1. The van der Waals surface area contributed by atoms with Crippen molar-refractivity contribution in [3.8, 4) is 0 Å². The van der Waals surface area contributed by atoms with Crippen molar-refractivity contribution in [1.29, 1.82) is 0 Å². The standard InChI is InChI=1S/C14H18F2N2O3/c1-8(17-14(20)18-10-4-5-21-7-10)13(19)9-2-3-11(15)12(16)6-9/h2-3,6,8,10,13,19H,4-5,7H2,1H3,(H2,17,18,20). The van der Waals surface area contributed by atoms with Crippen LogP contribution in [0.4, 0.5) is 13.6 Å². The molecule has 0 spiro atoms. The molecule has 1 aromatic rings. The van der Waals surface area contributed by atoms with E-state index in [1.165, 1.54) is 6.07 Å². The van der Waals surface area contributed by atoms with Crippen molar-refractivity contribution in [2.45, 2.75) is 31.5 Å². The van der Waals surface area contributed by atoms with Crippen LogP contribution in [-0.4, -0.2) is 36.4 Å². The molecule has 2 amide bonds. The summed E-state index contributed by atoms with van der Waals surface area (Å²) < 4.78 is 31.1. The van der Waals surface area contributed by atoms with Gasteiger partial charge in [-0.25, -0.2) is 13.6 Å². The summed E-state index contributed by atoms with van der Waals surface area (Å²) >= 11 is 0. The van der Waals surface area contributed by atoms with Gasteiger partial charge in [0.1, 0.15) is 0 Å². The van der Waals surface area contributed by atoms with Crippen LogP contribution in [-0.2, 0) is 4.74 Å². The second-order valence-corrected chi connectivity index (χ2v) is 5.09. The zero-order chi connectivity index (χ0) is 15.4. The van der Waals surface area contributed by atoms with Crippen LogP contribution in [0.15, 0.2) is 18.2 Å². The predicted octanol–water partition coefficient (Wildman–Crippen LogP) is 1.47. The van der Waals surface area contributed by atoms with E-state index < -0.39 is 29.8 Å². The highest BCUT2D eigenvalue weighted by Crippen LogP contribution is 2.19. The minimum Gasteiger partial charge on any atom is -0.386 e. The highest BCUT2D eigenvalue weighted by Gasteiger charge is 2.22. The summed E-state index contributed by atoms with van der Waals surface area (Å²) in [6, 6.07) is 2.01. The second-order valence-electron chi connectivity index (χ2n) is 5.09. The lowest BCUT2D eigenvalue weighted by molar-refractivity contribution is 0.136. The first-order valence-corrected chi connectivity index (χ1v) is 6.75. The van der Waals surface area contributed by atoms with Gasteiger partial charge in [-0.1, -0.05) is 6.07 Å². The molecule has 1 saturated heterocycles. The Labute approximate surface area is 121 Å². The molecule has 7 heteroatoms. The molecule has 1 heterocycles. The zero-order valence-corrected chi connectivity index (χ0v) is 11.6. The van der Waals surface area contributed by atoms with E-state index in [0.29, 0.717) is 13.2 Å². The van der Waals surface area contributed by atoms with Gasteiger partial charge in [-0.2, -0.15) is 0 Å². The summed E-state index contributed by atoms with van der Waals surface area (Å²) in [4.78, 5) is 11.7. The van der Waals surface area contributed by atoms with Gasteiger partial charge < -0.3 is 20.5 Å². The van der Waals surface area contributed by atoms with E-state index in [0.717, 1.165) is 18.6 Å². The van der Waals surface area contributed by atoms with Crippen LogP contribution in [0.1, 0.15) is 25.0 Å². The minimum absolute atomic E-state index is 0.0439. The molecule has 1 aliphatic heterocycles. The van der Waals surface area contributed by atoms with Crippen LogP contribution in [0.3, 0.4) is 0 Å². The Morgan fingerprint density at radius 1 is 1.43 bits per heavy atom. The Morgan fingerprint density at radius 2 is 2.19 bits per heavy atom. The van der Waals surface area contributed by atoms with E-state index in [2.05, 4.69) is 10.6 Å². The number of carbonyl (C=O) groups is 1. The lowest BCUT2D eigenvalue weighted by atomic mass is 10.0. The van der Waals surface area contributed by atoms with Gasteiger partial charge in [0, 0.05) is 6.61 Å². The summed E-state index contributed by atoms with van der Waals surface area (Å²) in [5.41, 5.74) is 0.200. The number of benzene rings is 1. The Bertz CT molecular complexity index is 507. The summed E-state index contributed by atoms with van der Waals surface area (Å²) in [5.74, 6) is -2.02. The number of urea groups is 1. The average Bonchev–Trinajstić information content (AvgIpc) is 2.93. The third kappa shape index (κ3) is 4.12. The van der Waals surface area contributed by atoms with Gasteiger partial charge in [0.05, 0.1) is 24.8 Å². The van der Waals surface area contributed by atoms with E-state index >= 15 is 0 Å². The number of halogens is 2. The van der Waals surface area contributed by atoms with Crippen molar-refractivity contribution in [3.63, 3.8) is 0 Å².